The molecule has 0 aliphatic carbocycles. The topological polar surface area (TPSA) is 74.8 Å². The van der Waals surface area contributed by atoms with Crippen LogP contribution in [0.25, 0.3) is 10.9 Å². The van der Waals surface area contributed by atoms with Crippen molar-refractivity contribution in [1.82, 2.24) is 15.3 Å². The van der Waals surface area contributed by atoms with Gasteiger partial charge in [-0.1, -0.05) is 32.0 Å². The number of hydrogen-bond acceptors (Lipinski definition) is 3. The molecule has 19 heavy (non-hydrogen) atoms. The number of aromatic amines is 1. The van der Waals surface area contributed by atoms with Crippen molar-refractivity contribution >= 4 is 16.8 Å². The Morgan fingerprint density at radius 1 is 1.37 bits per heavy atom. The molecule has 1 aromatic heterocycles. The minimum absolute atomic E-state index is 0.183. The summed E-state index contributed by atoms with van der Waals surface area (Å²) in [7, 11) is 0. The molecular formula is C14H17N3O2. The number of fused-ring (bicyclic) bond motifs is 1. The number of nitrogens with zero attached hydrogens (tertiary/aromatic N) is 1. The summed E-state index contributed by atoms with van der Waals surface area (Å²) >= 11 is 0. The lowest BCUT2D eigenvalue weighted by Crippen LogP contribution is -2.28. The lowest BCUT2D eigenvalue weighted by molar-refractivity contribution is 0.0948. The minimum Gasteiger partial charge on any atom is -0.351 e. The van der Waals surface area contributed by atoms with Crippen molar-refractivity contribution in [2.24, 2.45) is 5.92 Å². The van der Waals surface area contributed by atoms with Crippen molar-refractivity contribution in [3.8, 4) is 0 Å². The first-order valence-corrected chi connectivity index (χ1v) is 6.35. The predicted molar refractivity (Wildman–Crippen MR) is 74.2 cm³/mol. The van der Waals surface area contributed by atoms with E-state index < -0.39 is 5.69 Å². The van der Waals surface area contributed by atoms with E-state index in [0.29, 0.717) is 23.4 Å². The highest BCUT2D eigenvalue weighted by atomic mass is 16.2. The van der Waals surface area contributed by atoms with E-state index in [4.69, 9.17) is 0 Å². The van der Waals surface area contributed by atoms with Crippen LogP contribution in [0.1, 0.15) is 30.8 Å². The average Bonchev–Trinajstić information content (AvgIpc) is 2.37. The monoisotopic (exact) mass is 259 g/mol. The van der Waals surface area contributed by atoms with Gasteiger partial charge in [-0.15, -0.1) is 0 Å². The Kier molecular flexibility index (Phi) is 3.94. The molecule has 2 aromatic rings. The first kappa shape index (κ1) is 13.3. The van der Waals surface area contributed by atoms with Crippen LogP contribution in [-0.4, -0.2) is 22.4 Å². The second-order valence-corrected chi connectivity index (χ2v) is 4.87. The van der Waals surface area contributed by atoms with Crippen LogP contribution in [0.4, 0.5) is 0 Å². The van der Waals surface area contributed by atoms with Gasteiger partial charge in [0.25, 0.3) is 5.91 Å². The Bertz CT molecular complexity index is 646. The molecule has 0 spiro atoms. The largest absolute Gasteiger partial charge is 0.351 e. The number of H-pyrrole nitrogens is 1. The van der Waals surface area contributed by atoms with Gasteiger partial charge in [-0.3, -0.25) is 4.79 Å². The molecule has 0 aliphatic rings. The summed E-state index contributed by atoms with van der Waals surface area (Å²) in [6.07, 6.45) is 0.896. The van der Waals surface area contributed by atoms with Crippen LogP contribution < -0.4 is 11.0 Å². The Morgan fingerprint density at radius 3 is 2.84 bits per heavy atom. The van der Waals surface area contributed by atoms with Gasteiger partial charge in [0, 0.05) is 11.9 Å². The summed E-state index contributed by atoms with van der Waals surface area (Å²) < 4.78 is 0. The van der Waals surface area contributed by atoms with E-state index in [1.54, 1.807) is 18.2 Å². The highest BCUT2D eigenvalue weighted by Crippen LogP contribution is 2.12. The van der Waals surface area contributed by atoms with Crippen LogP contribution in [0.2, 0.25) is 0 Å². The first-order valence-electron chi connectivity index (χ1n) is 6.35. The maximum Gasteiger partial charge on any atom is 0.346 e. The molecule has 1 heterocycles. The van der Waals surface area contributed by atoms with Gasteiger partial charge in [0.05, 0.1) is 5.52 Å². The lowest BCUT2D eigenvalue weighted by atomic mass is 10.1. The van der Waals surface area contributed by atoms with Crippen molar-refractivity contribution in [3.63, 3.8) is 0 Å². The molecule has 0 radical (unpaired) electrons. The SMILES string of the molecule is CC(C)CCNC(=O)c1nc(=O)[nH]c2ccccc12. The standard InChI is InChI=1S/C14H17N3O2/c1-9(2)7-8-15-13(18)12-10-5-3-4-6-11(10)16-14(19)17-12/h3-6,9H,7-8H2,1-2H3,(H,15,18)(H,16,17,19). The predicted octanol–water partition coefficient (Wildman–Crippen LogP) is 1.70. The molecule has 0 bridgehead atoms. The third-order valence-electron chi connectivity index (χ3n) is 2.86. The number of aromatic nitrogens is 2. The second-order valence-electron chi connectivity index (χ2n) is 4.87. The van der Waals surface area contributed by atoms with E-state index in [2.05, 4.69) is 29.1 Å². The second kappa shape index (κ2) is 5.65. The number of hydrogen-bond donors (Lipinski definition) is 2. The number of carbonyl (C=O) groups excluding carboxylic acids is 1. The summed E-state index contributed by atoms with van der Waals surface area (Å²) in [4.78, 5) is 29.9. The van der Waals surface area contributed by atoms with Crippen LogP contribution in [-0.2, 0) is 0 Å². The highest BCUT2D eigenvalue weighted by Gasteiger charge is 2.12. The first-order chi connectivity index (χ1) is 9.08. The number of carbonyl (C=O) groups is 1. The number of amides is 1. The molecule has 5 heteroatoms. The molecule has 0 atom stereocenters. The smallest absolute Gasteiger partial charge is 0.346 e. The Morgan fingerprint density at radius 2 is 2.11 bits per heavy atom. The molecule has 2 rings (SSSR count). The number of benzene rings is 1. The zero-order chi connectivity index (χ0) is 13.8. The molecule has 0 saturated heterocycles. The lowest BCUT2D eigenvalue weighted by Gasteiger charge is -2.08. The zero-order valence-corrected chi connectivity index (χ0v) is 11.1. The van der Waals surface area contributed by atoms with Crippen molar-refractivity contribution < 1.29 is 4.79 Å². The Hall–Kier alpha value is -2.17. The van der Waals surface area contributed by atoms with Crippen LogP contribution >= 0.6 is 0 Å². The third kappa shape index (κ3) is 3.19. The van der Waals surface area contributed by atoms with E-state index in [9.17, 15) is 9.59 Å². The summed E-state index contributed by atoms with van der Waals surface area (Å²) in [5.41, 5.74) is 0.298. The molecule has 0 unspecified atom stereocenters. The summed E-state index contributed by atoms with van der Waals surface area (Å²) in [5, 5.41) is 3.45. The number of nitrogens with one attached hydrogen (secondary N) is 2. The molecule has 5 nitrogen and oxygen atoms in total. The molecule has 0 saturated carbocycles. The maximum atomic E-state index is 12.1. The van der Waals surface area contributed by atoms with Crippen molar-refractivity contribution in [1.29, 1.82) is 0 Å². The van der Waals surface area contributed by atoms with Gasteiger partial charge in [-0.25, -0.2) is 4.79 Å². The normalized spacial score (nSPS) is 10.9. The zero-order valence-electron chi connectivity index (χ0n) is 11.1. The summed E-state index contributed by atoms with van der Waals surface area (Å²) in [6.45, 7) is 4.76. The fourth-order valence-corrected chi connectivity index (χ4v) is 1.83. The van der Waals surface area contributed by atoms with Crippen molar-refractivity contribution in [3.05, 3.63) is 40.4 Å². The van der Waals surface area contributed by atoms with E-state index in [1.807, 2.05) is 6.07 Å². The molecule has 0 fully saturated rings. The van der Waals surface area contributed by atoms with Gasteiger partial charge in [-0.2, -0.15) is 4.98 Å². The highest BCUT2D eigenvalue weighted by molar-refractivity contribution is 6.04. The number of rotatable bonds is 4. The molecule has 100 valence electrons. The van der Waals surface area contributed by atoms with E-state index in [1.165, 1.54) is 0 Å². The van der Waals surface area contributed by atoms with Crippen molar-refractivity contribution in [2.45, 2.75) is 20.3 Å². The quantitative estimate of drug-likeness (QED) is 0.877. The van der Waals surface area contributed by atoms with Gasteiger partial charge >= 0.3 is 5.69 Å². The molecule has 1 amide bonds. The van der Waals surface area contributed by atoms with E-state index in [0.717, 1.165) is 6.42 Å². The Labute approximate surface area is 111 Å². The fraction of sp³-hybridized carbons (Fsp3) is 0.357. The molecule has 1 aromatic carbocycles. The third-order valence-corrected chi connectivity index (χ3v) is 2.86. The fourth-order valence-electron chi connectivity index (χ4n) is 1.83. The van der Waals surface area contributed by atoms with Gasteiger partial charge < -0.3 is 10.3 Å². The maximum absolute atomic E-state index is 12.1. The van der Waals surface area contributed by atoms with E-state index in [-0.39, 0.29) is 11.6 Å². The van der Waals surface area contributed by atoms with Gasteiger partial charge in [0.2, 0.25) is 0 Å². The molecular weight excluding hydrogens is 242 g/mol. The number of para-hydroxylation sites is 1. The Balaban J connectivity index is 2.28. The average molecular weight is 259 g/mol. The van der Waals surface area contributed by atoms with Gasteiger partial charge in [0.1, 0.15) is 5.69 Å². The van der Waals surface area contributed by atoms with Gasteiger partial charge in [0.15, 0.2) is 0 Å². The summed E-state index contributed by atoms with van der Waals surface area (Å²) in [6, 6.07) is 7.14. The van der Waals surface area contributed by atoms with Crippen LogP contribution in [0.15, 0.2) is 29.1 Å². The minimum atomic E-state index is -0.507. The molecule has 0 aliphatic heterocycles. The van der Waals surface area contributed by atoms with Crippen LogP contribution in [0.5, 0.6) is 0 Å². The van der Waals surface area contributed by atoms with Crippen LogP contribution in [0, 0.1) is 5.92 Å². The summed E-state index contributed by atoms with van der Waals surface area (Å²) in [5.74, 6) is 0.215. The molecule has 2 N–H and O–H groups in total. The van der Waals surface area contributed by atoms with Crippen molar-refractivity contribution in [2.75, 3.05) is 6.54 Å². The van der Waals surface area contributed by atoms with Gasteiger partial charge in [-0.05, 0) is 18.4 Å². The van der Waals surface area contributed by atoms with E-state index >= 15 is 0 Å². The van der Waals surface area contributed by atoms with Crippen LogP contribution in [0.3, 0.4) is 0 Å².